The Kier molecular flexibility index (Phi) is 2.49. The van der Waals surface area contributed by atoms with E-state index in [2.05, 4.69) is 16.0 Å². The molecule has 0 radical (unpaired) electrons. The summed E-state index contributed by atoms with van der Waals surface area (Å²) in [6.45, 7) is 0. The number of aromatic amines is 1. The van der Waals surface area contributed by atoms with Crippen LogP contribution < -0.4 is 4.74 Å². The highest BCUT2D eigenvalue weighted by Crippen LogP contribution is 2.14. The van der Waals surface area contributed by atoms with Gasteiger partial charge >= 0.3 is 0 Å². The van der Waals surface area contributed by atoms with Gasteiger partial charge in [0.15, 0.2) is 0 Å². The molecule has 1 aromatic heterocycles. The summed E-state index contributed by atoms with van der Waals surface area (Å²) in [4.78, 5) is 7.05. The predicted octanol–water partition coefficient (Wildman–Crippen LogP) is 2.01. The summed E-state index contributed by atoms with van der Waals surface area (Å²) >= 11 is 0. The standard InChI is InChI=1S/C11H12N2O/c1-14-11-4-2-3-9(6-11)5-10-7-12-8-13-10/h2-4,6-8H,5H2,1H3,(H,12,13). The largest absolute Gasteiger partial charge is 0.497 e. The van der Waals surface area contributed by atoms with Crippen molar-refractivity contribution in [3.05, 3.63) is 48.0 Å². The van der Waals surface area contributed by atoms with Gasteiger partial charge < -0.3 is 9.72 Å². The fraction of sp³-hybridized carbons (Fsp3) is 0.182. The second kappa shape index (κ2) is 3.96. The summed E-state index contributed by atoms with van der Waals surface area (Å²) in [5, 5.41) is 0. The molecule has 0 saturated heterocycles. The predicted molar refractivity (Wildman–Crippen MR) is 54.4 cm³/mol. The zero-order valence-corrected chi connectivity index (χ0v) is 8.03. The Morgan fingerprint density at radius 3 is 3.07 bits per heavy atom. The monoisotopic (exact) mass is 188 g/mol. The fourth-order valence-corrected chi connectivity index (χ4v) is 1.38. The van der Waals surface area contributed by atoms with Crippen molar-refractivity contribution in [1.29, 1.82) is 0 Å². The quantitative estimate of drug-likeness (QED) is 0.800. The number of imidazole rings is 1. The van der Waals surface area contributed by atoms with Gasteiger partial charge in [0.25, 0.3) is 0 Å². The molecule has 72 valence electrons. The van der Waals surface area contributed by atoms with E-state index in [0.717, 1.165) is 17.9 Å². The van der Waals surface area contributed by atoms with E-state index < -0.39 is 0 Å². The van der Waals surface area contributed by atoms with Crippen molar-refractivity contribution in [3.63, 3.8) is 0 Å². The van der Waals surface area contributed by atoms with Crippen LogP contribution in [-0.4, -0.2) is 17.1 Å². The molecule has 1 aromatic carbocycles. The van der Waals surface area contributed by atoms with Crippen molar-refractivity contribution in [2.45, 2.75) is 6.42 Å². The van der Waals surface area contributed by atoms with E-state index >= 15 is 0 Å². The lowest BCUT2D eigenvalue weighted by molar-refractivity contribution is 0.414. The van der Waals surface area contributed by atoms with Crippen LogP contribution in [-0.2, 0) is 6.42 Å². The van der Waals surface area contributed by atoms with E-state index in [0.29, 0.717) is 0 Å². The molecule has 0 aliphatic heterocycles. The number of rotatable bonds is 3. The summed E-state index contributed by atoms with van der Waals surface area (Å²) in [7, 11) is 1.68. The summed E-state index contributed by atoms with van der Waals surface area (Å²) < 4.78 is 5.15. The molecule has 3 heteroatoms. The number of nitrogens with zero attached hydrogens (tertiary/aromatic N) is 1. The first-order valence-electron chi connectivity index (χ1n) is 4.48. The lowest BCUT2D eigenvalue weighted by Gasteiger charge is -2.02. The van der Waals surface area contributed by atoms with Crippen LogP contribution in [0.4, 0.5) is 0 Å². The third-order valence-electron chi connectivity index (χ3n) is 2.08. The van der Waals surface area contributed by atoms with E-state index in [-0.39, 0.29) is 0 Å². The Hall–Kier alpha value is -1.77. The van der Waals surface area contributed by atoms with Gasteiger partial charge in [0.1, 0.15) is 5.75 Å². The van der Waals surface area contributed by atoms with Gasteiger partial charge in [-0.3, -0.25) is 0 Å². The van der Waals surface area contributed by atoms with Crippen LogP contribution in [0.1, 0.15) is 11.3 Å². The zero-order chi connectivity index (χ0) is 9.80. The van der Waals surface area contributed by atoms with Crippen molar-refractivity contribution in [2.24, 2.45) is 0 Å². The molecule has 0 atom stereocenters. The number of methoxy groups -OCH3 is 1. The van der Waals surface area contributed by atoms with E-state index in [1.54, 1.807) is 13.4 Å². The molecule has 0 saturated carbocycles. The van der Waals surface area contributed by atoms with Crippen LogP contribution in [0, 0.1) is 0 Å². The van der Waals surface area contributed by atoms with E-state index in [1.807, 2.05) is 24.4 Å². The highest BCUT2D eigenvalue weighted by molar-refractivity contribution is 5.30. The first kappa shape index (κ1) is 8.81. The number of aromatic nitrogens is 2. The average Bonchev–Trinajstić information content (AvgIpc) is 2.71. The smallest absolute Gasteiger partial charge is 0.119 e. The minimum atomic E-state index is 0.858. The van der Waals surface area contributed by atoms with Gasteiger partial charge in [-0.05, 0) is 17.7 Å². The average molecular weight is 188 g/mol. The molecule has 14 heavy (non-hydrogen) atoms. The van der Waals surface area contributed by atoms with Crippen LogP contribution in [0.5, 0.6) is 5.75 Å². The normalized spacial score (nSPS) is 10.1. The maximum Gasteiger partial charge on any atom is 0.119 e. The molecular formula is C11H12N2O. The van der Waals surface area contributed by atoms with Gasteiger partial charge in [0.05, 0.1) is 13.4 Å². The summed E-state index contributed by atoms with van der Waals surface area (Å²) in [6.07, 6.45) is 4.38. The molecule has 2 rings (SSSR count). The number of benzene rings is 1. The zero-order valence-electron chi connectivity index (χ0n) is 8.03. The molecule has 3 nitrogen and oxygen atoms in total. The SMILES string of the molecule is COc1cccc(Cc2cnc[nH]2)c1. The highest BCUT2D eigenvalue weighted by Gasteiger charge is 1.98. The van der Waals surface area contributed by atoms with Gasteiger partial charge in [-0.25, -0.2) is 4.98 Å². The lowest BCUT2D eigenvalue weighted by Crippen LogP contribution is -1.89. The van der Waals surface area contributed by atoms with Crippen molar-refractivity contribution in [1.82, 2.24) is 9.97 Å². The number of nitrogens with one attached hydrogen (secondary N) is 1. The summed E-state index contributed by atoms with van der Waals surface area (Å²) in [5.41, 5.74) is 2.33. The molecule has 0 aliphatic rings. The number of H-pyrrole nitrogens is 1. The third-order valence-corrected chi connectivity index (χ3v) is 2.08. The number of hydrogen-bond acceptors (Lipinski definition) is 2. The van der Waals surface area contributed by atoms with Crippen LogP contribution in [0.15, 0.2) is 36.8 Å². The lowest BCUT2D eigenvalue weighted by atomic mass is 10.1. The Morgan fingerprint density at radius 1 is 1.43 bits per heavy atom. The van der Waals surface area contributed by atoms with E-state index in [9.17, 15) is 0 Å². The van der Waals surface area contributed by atoms with Crippen LogP contribution in [0.25, 0.3) is 0 Å². The van der Waals surface area contributed by atoms with Crippen molar-refractivity contribution < 1.29 is 4.74 Å². The molecule has 0 fully saturated rings. The molecule has 0 bridgehead atoms. The van der Waals surface area contributed by atoms with Crippen molar-refractivity contribution >= 4 is 0 Å². The maximum atomic E-state index is 5.15. The van der Waals surface area contributed by atoms with Gasteiger partial charge in [0.2, 0.25) is 0 Å². The fourth-order valence-electron chi connectivity index (χ4n) is 1.38. The van der Waals surface area contributed by atoms with Crippen molar-refractivity contribution in [2.75, 3.05) is 7.11 Å². The van der Waals surface area contributed by atoms with Crippen LogP contribution >= 0.6 is 0 Å². The van der Waals surface area contributed by atoms with E-state index in [1.165, 1.54) is 5.56 Å². The first-order valence-corrected chi connectivity index (χ1v) is 4.48. The van der Waals surface area contributed by atoms with Crippen LogP contribution in [0.2, 0.25) is 0 Å². The second-order valence-electron chi connectivity index (χ2n) is 3.11. The minimum absolute atomic E-state index is 0.858. The van der Waals surface area contributed by atoms with Crippen molar-refractivity contribution in [3.8, 4) is 5.75 Å². The Labute approximate surface area is 82.8 Å². The van der Waals surface area contributed by atoms with Gasteiger partial charge in [-0.1, -0.05) is 12.1 Å². The molecule has 0 aliphatic carbocycles. The third kappa shape index (κ3) is 1.93. The molecule has 0 spiro atoms. The Balaban J connectivity index is 2.17. The number of hydrogen-bond donors (Lipinski definition) is 1. The second-order valence-corrected chi connectivity index (χ2v) is 3.11. The molecule has 1 N–H and O–H groups in total. The van der Waals surface area contributed by atoms with E-state index in [4.69, 9.17) is 4.74 Å². The topological polar surface area (TPSA) is 37.9 Å². The van der Waals surface area contributed by atoms with Gasteiger partial charge in [-0.2, -0.15) is 0 Å². The number of ether oxygens (including phenoxy) is 1. The minimum Gasteiger partial charge on any atom is -0.497 e. The molecular weight excluding hydrogens is 176 g/mol. The Morgan fingerprint density at radius 2 is 2.36 bits per heavy atom. The summed E-state index contributed by atoms with van der Waals surface area (Å²) in [6, 6.07) is 8.03. The molecule has 2 aromatic rings. The molecule has 1 heterocycles. The van der Waals surface area contributed by atoms with Gasteiger partial charge in [0, 0.05) is 18.3 Å². The summed E-state index contributed by atoms with van der Waals surface area (Å²) in [5.74, 6) is 0.891. The molecule has 0 unspecified atom stereocenters. The van der Waals surface area contributed by atoms with Crippen LogP contribution in [0.3, 0.4) is 0 Å². The Bertz CT molecular complexity index is 395. The molecule has 0 amide bonds. The highest BCUT2D eigenvalue weighted by atomic mass is 16.5. The first-order chi connectivity index (χ1) is 6.88. The maximum absolute atomic E-state index is 5.15. The van der Waals surface area contributed by atoms with Gasteiger partial charge in [-0.15, -0.1) is 0 Å².